The Morgan fingerprint density at radius 1 is 1.09 bits per heavy atom. The van der Waals surface area contributed by atoms with Gasteiger partial charge in [0.15, 0.2) is 0 Å². The van der Waals surface area contributed by atoms with Crippen LogP contribution in [-0.2, 0) is 23.9 Å². The highest BCUT2D eigenvalue weighted by Crippen LogP contribution is 2.70. The Bertz CT molecular complexity index is 943. The van der Waals surface area contributed by atoms with Crippen molar-refractivity contribution in [1.82, 2.24) is 0 Å². The molecule has 8 nitrogen and oxygen atoms in total. The van der Waals surface area contributed by atoms with E-state index in [1.165, 1.54) is 0 Å². The lowest BCUT2D eigenvalue weighted by molar-refractivity contribution is -0.245. The zero-order valence-electron chi connectivity index (χ0n) is 20.7. The minimum Gasteiger partial charge on any atom is -0.481 e. The number of rotatable bonds is 5. The van der Waals surface area contributed by atoms with Gasteiger partial charge in [-0.1, -0.05) is 13.8 Å². The lowest BCUT2D eigenvalue weighted by atomic mass is 9.42. The molecule has 1 aliphatic heterocycles. The van der Waals surface area contributed by atoms with Crippen molar-refractivity contribution in [2.24, 2.45) is 34.5 Å². The number of carbonyl (C=O) groups excluding carboxylic acids is 2. The minimum absolute atomic E-state index is 0.0608. The van der Waals surface area contributed by atoms with E-state index in [2.05, 4.69) is 6.92 Å². The molecule has 5 aliphatic rings. The van der Waals surface area contributed by atoms with E-state index in [4.69, 9.17) is 14.6 Å². The number of ether oxygens (including phenoxy) is 2. The van der Waals surface area contributed by atoms with Crippen LogP contribution in [0, 0.1) is 34.5 Å². The Morgan fingerprint density at radius 3 is 2.54 bits per heavy atom. The number of aliphatic hydroxyl groups is 2. The van der Waals surface area contributed by atoms with Crippen LogP contribution in [0.5, 0.6) is 0 Å². The maximum Gasteiger partial charge on any atom is 0.331 e. The molecule has 0 amide bonds. The molecule has 194 valence electrons. The molecule has 0 radical (unpaired) electrons. The smallest absolute Gasteiger partial charge is 0.331 e. The van der Waals surface area contributed by atoms with E-state index in [1.807, 2.05) is 6.92 Å². The molecule has 0 spiro atoms. The Kier molecular flexibility index (Phi) is 6.07. The second-order valence-corrected chi connectivity index (χ2v) is 12.1. The van der Waals surface area contributed by atoms with Gasteiger partial charge in [-0.15, -0.1) is 0 Å². The lowest BCUT2D eigenvalue weighted by Gasteiger charge is -2.65. The average molecular weight is 491 g/mol. The number of cyclic esters (lactones) is 1. The molecular weight excluding hydrogens is 452 g/mol. The van der Waals surface area contributed by atoms with E-state index in [9.17, 15) is 24.6 Å². The summed E-state index contributed by atoms with van der Waals surface area (Å²) >= 11 is 0. The Hall–Kier alpha value is -1.93. The fourth-order valence-electron chi connectivity index (χ4n) is 8.91. The molecule has 0 aromatic rings. The zero-order chi connectivity index (χ0) is 25.2. The number of aliphatic carboxylic acids is 1. The summed E-state index contributed by atoms with van der Waals surface area (Å²) in [4.78, 5) is 34.6. The van der Waals surface area contributed by atoms with E-state index < -0.39 is 29.1 Å². The van der Waals surface area contributed by atoms with Crippen molar-refractivity contribution < 1.29 is 39.2 Å². The summed E-state index contributed by atoms with van der Waals surface area (Å²) in [5.74, 6) is -1.28. The number of hydrogen-bond acceptors (Lipinski definition) is 7. The van der Waals surface area contributed by atoms with Crippen molar-refractivity contribution in [3.63, 3.8) is 0 Å². The summed E-state index contributed by atoms with van der Waals surface area (Å²) in [5.41, 5.74) is -0.875. The van der Waals surface area contributed by atoms with Gasteiger partial charge in [0, 0.05) is 11.5 Å². The molecule has 0 saturated heterocycles. The first-order chi connectivity index (χ1) is 16.5. The summed E-state index contributed by atoms with van der Waals surface area (Å²) in [6.45, 7) is 4.55. The number of carbonyl (C=O) groups is 3. The van der Waals surface area contributed by atoms with Gasteiger partial charge in [0.05, 0.1) is 24.5 Å². The second-order valence-electron chi connectivity index (χ2n) is 12.1. The molecule has 4 fully saturated rings. The normalized spacial score (nSPS) is 46.6. The molecule has 4 saturated carbocycles. The Morgan fingerprint density at radius 2 is 1.86 bits per heavy atom. The van der Waals surface area contributed by atoms with Crippen molar-refractivity contribution in [3.8, 4) is 0 Å². The molecule has 9 atom stereocenters. The molecule has 1 heterocycles. The SMILES string of the molecule is C[C@]12CC[C@H](OC(=O)CCC(=O)O)C[C@@H]1CC[C@@H]1[C@@H]2C[C@H](O)[C@]2(C)[C@@H](C3=CC(=O)OC3)CC[C@@]12O. The van der Waals surface area contributed by atoms with Gasteiger partial charge in [0.1, 0.15) is 12.7 Å². The van der Waals surface area contributed by atoms with Crippen LogP contribution < -0.4 is 0 Å². The van der Waals surface area contributed by atoms with Gasteiger partial charge < -0.3 is 24.8 Å². The number of carboxylic acid groups (broad SMARTS) is 1. The molecule has 0 aromatic carbocycles. The van der Waals surface area contributed by atoms with Crippen LogP contribution in [0.2, 0.25) is 0 Å². The first-order valence-electron chi connectivity index (χ1n) is 13.2. The van der Waals surface area contributed by atoms with Crippen LogP contribution in [0.15, 0.2) is 11.6 Å². The molecule has 0 aromatic heterocycles. The summed E-state index contributed by atoms with van der Waals surface area (Å²) in [6, 6.07) is 0. The first-order valence-corrected chi connectivity index (χ1v) is 13.2. The van der Waals surface area contributed by atoms with Crippen molar-refractivity contribution in [2.75, 3.05) is 6.61 Å². The third-order valence-electron chi connectivity index (χ3n) is 10.9. The van der Waals surface area contributed by atoms with Crippen molar-refractivity contribution in [1.29, 1.82) is 0 Å². The highest BCUT2D eigenvalue weighted by Gasteiger charge is 2.70. The fourth-order valence-corrected chi connectivity index (χ4v) is 8.91. The van der Waals surface area contributed by atoms with Gasteiger partial charge in [-0.25, -0.2) is 4.79 Å². The second kappa shape index (κ2) is 8.58. The van der Waals surface area contributed by atoms with Crippen molar-refractivity contribution in [2.45, 2.75) is 95.9 Å². The van der Waals surface area contributed by atoms with Crippen LogP contribution in [0.25, 0.3) is 0 Å². The summed E-state index contributed by atoms with van der Waals surface area (Å²) in [7, 11) is 0. The number of esters is 2. The zero-order valence-corrected chi connectivity index (χ0v) is 20.7. The number of aliphatic hydroxyl groups excluding tert-OH is 1. The molecular formula is C27H38O8. The van der Waals surface area contributed by atoms with Crippen LogP contribution >= 0.6 is 0 Å². The average Bonchev–Trinajstić information content (AvgIpc) is 3.34. The van der Waals surface area contributed by atoms with Crippen molar-refractivity contribution in [3.05, 3.63) is 11.6 Å². The Labute approximate surface area is 206 Å². The standard InChI is InChI=1S/C27H38O8/c1-25-9-7-17(35-23(31)6-5-22(29)30)12-16(25)3-4-19-20(25)13-21(28)26(2)18(8-10-27(19,26)33)15-11-24(32)34-14-15/h11,16-21,28,33H,3-10,12-14H2,1-2H3,(H,29,30)/t16-,17-,18+,19+,20-,21-,25-,26-,27+/m0/s1. The van der Waals surface area contributed by atoms with Gasteiger partial charge in [-0.3, -0.25) is 9.59 Å². The summed E-state index contributed by atoms with van der Waals surface area (Å²) in [6.07, 6.45) is 6.45. The predicted molar refractivity (Wildman–Crippen MR) is 124 cm³/mol. The fraction of sp³-hybridized carbons (Fsp3) is 0.815. The van der Waals surface area contributed by atoms with Crippen molar-refractivity contribution >= 4 is 17.9 Å². The number of hydrogen-bond donors (Lipinski definition) is 3. The summed E-state index contributed by atoms with van der Waals surface area (Å²) in [5, 5.41) is 32.7. The molecule has 8 heteroatoms. The van der Waals surface area contributed by atoms with Crippen LogP contribution in [0.4, 0.5) is 0 Å². The van der Waals surface area contributed by atoms with Gasteiger partial charge in [0.25, 0.3) is 0 Å². The van der Waals surface area contributed by atoms with E-state index in [0.29, 0.717) is 18.8 Å². The molecule has 0 bridgehead atoms. The highest BCUT2D eigenvalue weighted by molar-refractivity contribution is 5.85. The highest BCUT2D eigenvalue weighted by atomic mass is 16.5. The van der Waals surface area contributed by atoms with Crippen LogP contribution in [-0.4, -0.2) is 57.6 Å². The molecule has 5 rings (SSSR count). The lowest BCUT2D eigenvalue weighted by Crippen LogP contribution is -2.67. The topological polar surface area (TPSA) is 130 Å². The minimum atomic E-state index is -1.00. The van der Waals surface area contributed by atoms with Gasteiger partial charge in [-0.05, 0) is 86.0 Å². The van der Waals surface area contributed by atoms with Crippen LogP contribution in [0.1, 0.15) is 78.1 Å². The van der Waals surface area contributed by atoms with Gasteiger partial charge in [-0.2, -0.15) is 0 Å². The van der Waals surface area contributed by atoms with E-state index >= 15 is 0 Å². The third-order valence-corrected chi connectivity index (χ3v) is 10.9. The molecule has 4 aliphatic carbocycles. The maximum atomic E-state index is 12.3. The largest absolute Gasteiger partial charge is 0.481 e. The third kappa shape index (κ3) is 3.74. The van der Waals surface area contributed by atoms with Crippen LogP contribution in [0.3, 0.4) is 0 Å². The van der Waals surface area contributed by atoms with Gasteiger partial charge in [0.2, 0.25) is 0 Å². The van der Waals surface area contributed by atoms with Gasteiger partial charge >= 0.3 is 17.9 Å². The molecule has 35 heavy (non-hydrogen) atoms. The van der Waals surface area contributed by atoms with E-state index in [-0.39, 0.29) is 54.7 Å². The number of carboxylic acids is 1. The maximum absolute atomic E-state index is 12.3. The quantitative estimate of drug-likeness (QED) is 0.502. The predicted octanol–water partition coefficient (Wildman–Crippen LogP) is 2.99. The first kappa shape index (κ1) is 24.8. The monoisotopic (exact) mass is 490 g/mol. The van der Waals surface area contributed by atoms with E-state index in [1.54, 1.807) is 6.08 Å². The molecule has 3 N–H and O–H groups in total. The van der Waals surface area contributed by atoms with E-state index in [0.717, 1.165) is 44.1 Å². The molecule has 0 unspecified atom stereocenters. The number of fused-ring (bicyclic) bond motifs is 5. The summed E-state index contributed by atoms with van der Waals surface area (Å²) < 4.78 is 10.8. The Balaban J connectivity index is 1.33.